The summed E-state index contributed by atoms with van der Waals surface area (Å²) in [5.74, 6) is 0. The molecule has 1 atom stereocenters. The van der Waals surface area contributed by atoms with E-state index in [2.05, 4.69) is 10.3 Å². The van der Waals surface area contributed by atoms with Crippen LogP contribution < -0.4 is 11.1 Å². The first kappa shape index (κ1) is 12.1. The summed E-state index contributed by atoms with van der Waals surface area (Å²) in [5.41, 5.74) is 7.15. The minimum absolute atomic E-state index is 0.0204. The van der Waals surface area contributed by atoms with Gasteiger partial charge in [0.25, 0.3) is 0 Å². The first-order chi connectivity index (χ1) is 8.26. The molecule has 0 amide bonds. The lowest BCUT2D eigenvalue weighted by Gasteiger charge is -2.16. The molecule has 0 aliphatic heterocycles. The van der Waals surface area contributed by atoms with Gasteiger partial charge >= 0.3 is 0 Å². The molecule has 4 N–H and O–H groups in total. The average molecular weight is 252 g/mol. The number of anilines is 1. The van der Waals surface area contributed by atoms with Gasteiger partial charge in [-0.1, -0.05) is 11.6 Å². The number of aliphatic hydroxyl groups is 1. The van der Waals surface area contributed by atoms with E-state index in [9.17, 15) is 0 Å². The lowest BCUT2D eigenvalue weighted by Crippen LogP contribution is -2.32. The van der Waals surface area contributed by atoms with E-state index in [1.54, 1.807) is 12.3 Å². The molecule has 17 heavy (non-hydrogen) atoms. The number of hydrogen-bond donors (Lipinski definition) is 3. The van der Waals surface area contributed by atoms with Crippen molar-refractivity contribution in [2.45, 2.75) is 6.04 Å². The van der Waals surface area contributed by atoms with Gasteiger partial charge in [-0.25, -0.2) is 0 Å². The number of aliphatic hydroxyl groups excluding tert-OH is 1. The zero-order valence-electron chi connectivity index (χ0n) is 9.23. The highest BCUT2D eigenvalue weighted by Crippen LogP contribution is 2.28. The Balaban J connectivity index is 2.44. The van der Waals surface area contributed by atoms with Crippen LogP contribution in [0.2, 0.25) is 5.02 Å². The fourth-order valence-corrected chi connectivity index (χ4v) is 1.87. The topological polar surface area (TPSA) is 71.2 Å². The standard InChI is InChI=1S/C12H14ClN3O/c13-10-3-4-11(16-8(6-14)7-17)12-9(10)2-1-5-15-12/h1-5,8,16-17H,6-7,14H2. The maximum absolute atomic E-state index is 9.13. The summed E-state index contributed by atoms with van der Waals surface area (Å²) in [6, 6.07) is 7.22. The minimum atomic E-state index is -0.179. The number of benzene rings is 1. The number of pyridine rings is 1. The molecule has 2 rings (SSSR count). The van der Waals surface area contributed by atoms with Crippen molar-refractivity contribution in [3.05, 3.63) is 35.5 Å². The van der Waals surface area contributed by atoms with Crippen molar-refractivity contribution >= 4 is 28.2 Å². The number of aromatic nitrogens is 1. The summed E-state index contributed by atoms with van der Waals surface area (Å²) in [7, 11) is 0. The molecular formula is C12H14ClN3O. The van der Waals surface area contributed by atoms with Crippen LogP contribution in [0.5, 0.6) is 0 Å². The lowest BCUT2D eigenvalue weighted by molar-refractivity contribution is 0.277. The molecule has 0 fully saturated rings. The highest BCUT2D eigenvalue weighted by Gasteiger charge is 2.09. The maximum atomic E-state index is 9.13. The summed E-state index contributed by atoms with van der Waals surface area (Å²) in [6.45, 7) is 0.334. The van der Waals surface area contributed by atoms with Gasteiger partial charge in [-0.05, 0) is 24.3 Å². The van der Waals surface area contributed by atoms with Gasteiger partial charge in [-0.15, -0.1) is 0 Å². The van der Waals surface area contributed by atoms with Gasteiger partial charge in [-0.3, -0.25) is 4.98 Å². The Morgan fingerprint density at radius 2 is 2.24 bits per heavy atom. The van der Waals surface area contributed by atoms with E-state index >= 15 is 0 Å². The number of nitrogens with zero attached hydrogens (tertiary/aromatic N) is 1. The third kappa shape index (κ3) is 2.49. The molecule has 1 unspecified atom stereocenters. The quantitative estimate of drug-likeness (QED) is 0.772. The molecule has 0 radical (unpaired) electrons. The molecule has 4 nitrogen and oxygen atoms in total. The van der Waals surface area contributed by atoms with E-state index in [0.29, 0.717) is 11.6 Å². The Bertz CT molecular complexity index is 514. The van der Waals surface area contributed by atoms with Crippen molar-refractivity contribution in [3.63, 3.8) is 0 Å². The molecule has 0 aliphatic rings. The van der Waals surface area contributed by atoms with Gasteiger partial charge < -0.3 is 16.2 Å². The van der Waals surface area contributed by atoms with Gasteiger partial charge in [0, 0.05) is 18.1 Å². The lowest BCUT2D eigenvalue weighted by atomic mass is 10.1. The SMILES string of the molecule is NCC(CO)Nc1ccc(Cl)c2cccnc12. The normalized spacial score (nSPS) is 12.6. The highest BCUT2D eigenvalue weighted by atomic mass is 35.5. The first-order valence-corrected chi connectivity index (χ1v) is 5.74. The van der Waals surface area contributed by atoms with Crippen LogP contribution in [-0.4, -0.2) is 29.3 Å². The summed E-state index contributed by atoms with van der Waals surface area (Å²) < 4.78 is 0. The smallest absolute Gasteiger partial charge is 0.0948 e. The van der Waals surface area contributed by atoms with Crippen molar-refractivity contribution in [2.75, 3.05) is 18.5 Å². The van der Waals surface area contributed by atoms with Crippen LogP contribution in [0.3, 0.4) is 0 Å². The Morgan fingerprint density at radius 1 is 1.41 bits per heavy atom. The molecule has 0 bridgehead atoms. The van der Waals surface area contributed by atoms with E-state index in [4.69, 9.17) is 22.4 Å². The van der Waals surface area contributed by atoms with Crippen LogP contribution >= 0.6 is 11.6 Å². The minimum Gasteiger partial charge on any atom is -0.394 e. The molecule has 0 spiro atoms. The summed E-state index contributed by atoms with van der Waals surface area (Å²) >= 11 is 6.09. The number of rotatable bonds is 4. The maximum Gasteiger partial charge on any atom is 0.0948 e. The molecule has 0 saturated carbocycles. The van der Waals surface area contributed by atoms with E-state index in [-0.39, 0.29) is 12.6 Å². The molecule has 2 aromatic rings. The second-order valence-corrected chi connectivity index (χ2v) is 4.16. The summed E-state index contributed by atoms with van der Waals surface area (Å²) in [6.07, 6.45) is 1.71. The molecule has 1 aromatic carbocycles. The Labute approximate surface area is 104 Å². The van der Waals surface area contributed by atoms with Crippen molar-refractivity contribution in [3.8, 4) is 0 Å². The van der Waals surface area contributed by atoms with Gasteiger partial charge in [-0.2, -0.15) is 0 Å². The highest BCUT2D eigenvalue weighted by molar-refractivity contribution is 6.35. The van der Waals surface area contributed by atoms with Crippen LogP contribution in [-0.2, 0) is 0 Å². The molecule has 1 aromatic heterocycles. The molecule has 0 saturated heterocycles. The largest absolute Gasteiger partial charge is 0.394 e. The molecule has 90 valence electrons. The van der Waals surface area contributed by atoms with Crippen molar-refractivity contribution < 1.29 is 5.11 Å². The fraction of sp³-hybridized carbons (Fsp3) is 0.250. The van der Waals surface area contributed by atoms with Crippen molar-refractivity contribution in [1.29, 1.82) is 0 Å². The van der Waals surface area contributed by atoms with E-state index in [1.807, 2.05) is 18.2 Å². The molecule has 5 heteroatoms. The van der Waals surface area contributed by atoms with Crippen LogP contribution in [0.1, 0.15) is 0 Å². The summed E-state index contributed by atoms with van der Waals surface area (Å²) in [4.78, 5) is 4.29. The monoisotopic (exact) mass is 251 g/mol. The Morgan fingerprint density at radius 3 is 2.94 bits per heavy atom. The van der Waals surface area contributed by atoms with Crippen LogP contribution in [0.4, 0.5) is 5.69 Å². The van der Waals surface area contributed by atoms with Gasteiger partial charge in [0.2, 0.25) is 0 Å². The molecule has 1 heterocycles. The van der Waals surface area contributed by atoms with E-state index in [0.717, 1.165) is 16.6 Å². The predicted octanol–water partition coefficient (Wildman–Crippen LogP) is 1.62. The number of nitrogens with one attached hydrogen (secondary N) is 1. The fourth-order valence-electron chi connectivity index (χ4n) is 1.65. The van der Waals surface area contributed by atoms with Gasteiger partial charge in [0.05, 0.1) is 28.9 Å². The van der Waals surface area contributed by atoms with Crippen LogP contribution in [0.15, 0.2) is 30.5 Å². The summed E-state index contributed by atoms with van der Waals surface area (Å²) in [5, 5.41) is 13.8. The number of fused-ring (bicyclic) bond motifs is 1. The van der Waals surface area contributed by atoms with E-state index < -0.39 is 0 Å². The first-order valence-electron chi connectivity index (χ1n) is 5.37. The number of halogens is 1. The number of nitrogens with two attached hydrogens (primary N) is 1. The van der Waals surface area contributed by atoms with Crippen molar-refractivity contribution in [2.24, 2.45) is 5.73 Å². The average Bonchev–Trinajstić information content (AvgIpc) is 2.38. The second kappa shape index (κ2) is 5.31. The van der Waals surface area contributed by atoms with E-state index in [1.165, 1.54) is 0 Å². The Hall–Kier alpha value is -1.36. The Kier molecular flexibility index (Phi) is 3.78. The second-order valence-electron chi connectivity index (χ2n) is 3.75. The predicted molar refractivity (Wildman–Crippen MR) is 70.3 cm³/mol. The third-order valence-corrected chi connectivity index (χ3v) is 2.91. The zero-order chi connectivity index (χ0) is 12.3. The van der Waals surface area contributed by atoms with Crippen LogP contribution in [0.25, 0.3) is 10.9 Å². The van der Waals surface area contributed by atoms with Gasteiger partial charge in [0.15, 0.2) is 0 Å². The number of hydrogen-bond acceptors (Lipinski definition) is 4. The van der Waals surface area contributed by atoms with Gasteiger partial charge in [0.1, 0.15) is 0 Å². The van der Waals surface area contributed by atoms with Crippen LogP contribution in [0, 0.1) is 0 Å². The third-order valence-electron chi connectivity index (χ3n) is 2.58. The zero-order valence-corrected chi connectivity index (χ0v) is 9.98. The molecular weight excluding hydrogens is 238 g/mol. The molecule has 0 aliphatic carbocycles. The van der Waals surface area contributed by atoms with Crippen molar-refractivity contribution in [1.82, 2.24) is 4.98 Å².